The second-order valence-electron chi connectivity index (χ2n) is 12.7. The molecule has 0 aromatic heterocycles. The Labute approximate surface area is 273 Å². The Hall–Kier alpha value is -1.84. The number of carbonyl (C=O) groups excluding carboxylic acids is 1. The van der Waals surface area contributed by atoms with E-state index in [0.29, 0.717) is 12.8 Å². The molecular formula is C40H72O4. The van der Waals surface area contributed by atoms with E-state index in [9.17, 15) is 9.59 Å². The van der Waals surface area contributed by atoms with Crippen LogP contribution in [0.5, 0.6) is 0 Å². The summed E-state index contributed by atoms with van der Waals surface area (Å²) in [5.74, 6) is -0.652. The normalized spacial score (nSPS) is 12.6. The molecule has 0 spiro atoms. The van der Waals surface area contributed by atoms with E-state index in [4.69, 9.17) is 9.84 Å². The van der Waals surface area contributed by atoms with E-state index in [0.717, 1.165) is 70.6 Å². The fourth-order valence-electron chi connectivity index (χ4n) is 5.66. The largest absolute Gasteiger partial charge is 0.481 e. The summed E-state index contributed by atoms with van der Waals surface area (Å²) in [5.41, 5.74) is 0. The highest BCUT2D eigenvalue weighted by Crippen LogP contribution is 2.17. The van der Waals surface area contributed by atoms with Crippen LogP contribution in [0.1, 0.15) is 200 Å². The minimum atomic E-state index is -0.666. The number of carbonyl (C=O) groups is 2. The molecule has 4 nitrogen and oxygen atoms in total. The van der Waals surface area contributed by atoms with Crippen LogP contribution in [0.25, 0.3) is 0 Å². The molecule has 0 aliphatic heterocycles. The predicted octanol–water partition coefficient (Wildman–Crippen LogP) is 13.0. The van der Waals surface area contributed by atoms with E-state index < -0.39 is 5.97 Å². The van der Waals surface area contributed by atoms with Crippen molar-refractivity contribution >= 4 is 11.9 Å². The highest BCUT2D eigenvalue weighted by atomic mass is 16.5. The second kappa shape index (κ2) is 35.6. The van der Waals surface area contributed by atoms with Crippen molar-refractivity contribution in [3.63, 3.8) is 0 Å². The van der Waals surface area contributed by atoms with Crippen LogP contribution in [0, 0.1) is 0 Å². The van der Waals surface area contributed by atoms with Crippen molar-refractivity contribution in [2.24, 2.45) is 0 Å². The summed E-state index contributed by atoms with van der Waals surface area (Å²) >= 11 is 0. The first-order valence-electron chi connectivity index (χ1n) is 19.0. The number of carboxylic acids is 1. The lowest BCUT2D eigenvalue weighted by atomic mass is 10.0. The SMILES string of the molecule is CC/C=C\C/C=C\C/C=C\CCCCCCCC(=O)OC(CCC)CCCCCCCCCCCCCCCCCC(=O)O. The van der Waals surface area contributed by atoms with Crippen molar-refractivity contribution in [2.75, 3.05) is 0 Å². The van der Waals surface area contributed by atoms with Crippen LogP contribution in [0.2, 0.25) is 0 Å². The third kappa shape index (κ3) is 34.6. The summed E-state index contributed by atoms with van der Waals surface area (Å²) < 4.78 is 5.86. The van der Waals surface area contributed by atoms with Gasteiger partial charge in [0.1, 0.15) is 6.10 Å². The smallest absolute Gasteiger partial charge is 0.306 e. The number of hydrogen-bond acceptors (Lipinski definition) is 3. The summed E-state index contributed by atoms with van der Waals surface area (Å²) in [6.07, 6.45) is 46.6. The standard InChI is InChI=1S/C40H72O4/c1-3-5-6-7-8-9-10-11-13-18-21-24-27-30-33-37-40(43)44-38(34-4-2)35-31-28-25-22-19-16-14-12-15-17-20-23-26-29-32-36-39(41)42/h5-6,8-9,11,13,38H,3-4,7,10,12,14-37H2,1-2H3,(H,41,42)/b6-5-,9-8-,13-11-. The first kappa shape index (κ1) is 42.2. The molecule has 0 aromatic carbocycles. The van der Waals surface area contributed by atoms with Crippen molar-refractivity contribution in [3.05, 3.63) is 36.5 Å². The van der Waals surface area contributed by atoms with Crippen LogP contribution in [0.15, 0.2) is 36.5 Å². The molecule has 0 bridgehead atoms. The molecule has 0 aromatic rings. The number of aliphatic carboxylic acids is 1. The summed E-state index contributed by atoms with van der Waals surface area (Å²) in [6, 6.07) is 0. The average Bonchev–Trinajstić information content (AvgIpc) is 3.00. The number of unbranched alkanes of at least 4 members (excludes halogenated alkanes) is 19. The first-order valence-corrected chi connectivity index (χ1v) is 19.0. The van der Waals surface area contributed by atoms with Gasteiger partial charge in [-0.05, 0) is 64.2 Å². The van der Waals surface area contributed by atoms with Crippen LogP contribution in [-0.2, 0) is 14.3 Å². The molecular weight excluding hydrogens is 544 g/mol. The van der Waals surface area contributed by atoms with Gasteiger partial charge in [0.2, 0.25) is 0 Å². The van der Waals surface area contributed by atoms with E-state index in [2.05, 4.69) is 50.3 Å². The van der Waals surface area contributed by atoms with Crippen molar-refractivity contribution in [2.45, 2.75) is 206 Å². The molecule has 0 radical (unpaired) electrons. The van der Waals surface area contributed by atoms with Crippen LogP contribution in [0.3, 0.4) is 0 Å². The molecule has 0 saturated carbocycles. The lowest BCUT2D eigenvalue weighted by molar-refractivity contribution is -0.150. The van der Waals surface area contributed by atoms with Crippen LogP contribution in [0.4, 0.5) is 0 Å². The molecule has 0 saturated heterocycles. The highest BCUT2D eigenvalue weighted by molar-refractivity contribution is 5.69. The zero-order valence-corrected chi connectivity index (χ0v) is 29.2. The lowest BCUT2D eigenvalue weighted by Gasteiger charge is -2.17. The van der Waals surface area contributed by atoms with Crippen molar-refractivity contribution in [3.8, 4) is 0 Å². The van der Waals surface area contributed by atoms with Crippen LogP contribution >= 0.6 is 0 Å². The zero-order chi connectivity index (χ0) is 32.2. The van der Waals surface area contributed by atoms with Crippen LogP contribution in [-0.4, -0.2) is 23.1 Å². The van der Waals surface area contributed by atoms with E-state index in [-0.39, 0.29) is 12.1 Å². The Balaban J connectivity index is 3.56. The summed E-state index contributed by atoms with van der Waals surface area (Å²) in [5, 5.41) is 8.65. The molecule has 0 amide bonds. The minimum absolute atomic E-state index is 0.0142. The van der Waals surface area contributed by atoms with Gasteiger partial charge in [-0.25, -0.2) is 0 Å². The summed E-state index contributed by atoms with van der Waals surface area (Å²) in [7, 11) is 0. The summed E-state index contributed by atoms with van der Waals surface area (Å²) in [4.78, 5) is 22.9. The molecule has 0 fully saturated rings. The second-order valence-corrected chi connectivity index (χ2v) is 12.7. The van der Waals surface area contributed by atoms with Gasteiger partial charge in [0.25, 0.3) is 0 Å². The molecule has 1 unspecified atom stereocenters. The molecule has 44 heavy (non-hydrogen) atoms. The van der Waals surface area contributed by atoms with E-state index in [1.165, 1.54) is 103 Å². The maximum absolute atomic E-state index is 12.4. The van der Waals surface area contributed by atoms with Gasteiger partial charge in [0.15, 0.2) is 0 Å². The Kier molecular flexibility index (Phi) is 34.1. The molecule has 0 rings (SSSR count). The average molecular weight is 617 g/mol. The monoisotopic (exact) mass is 617 g/mol. The highest BCUT2D eigenvalue weighted by Gasteiger charge is 2.13. The zero-order valence-electron chi connectivity index (χ0n) is 29.2. The lowest BCUT2D eigenvalue weighted by Crippen LogP contribution is -2.18. The first-order chi connectivity index (χ1) is 21.6. The molecule has 1 atom stereocenters. The molecule has 4 heteroatoms. The maximum atomic E-state index is 12.4. The Morgan fingerprint density at radius 3 is 1.45 bits per heavy atom. The van der Waals surface area contributed by atoms with Gasteiger partial charge in [-0.3, -0.25) is 9.59 Å². The quantitative estimate of drug-likeness (QED) is 0.0444. The van der Waals surface area contributed by atoms with E-state index in [1.807, 2.05) is 0 Å². The van der Waals surface area contributed by atoms with Gasteiger partial charge in [0.05, 0.1) is 0 Å². The topological polar surface area (TPSA) is 63.6 Å². The number of carboxylic acid groups (broad SMARTS) is 1. The number of hydrogen-bond donors (Lipinski definition) is 1. The van der Waals surface area contributed by atoms with E-state index >= 15 is 0 Å². The Morgan fingerprint density at radius 2 is 0.955 bits per heavy atom. The van der Waals surface area contributed by atoms with Gasteiger partial charge in [-0.1, -0.05) is 159 Å². The Morgan fingerprint density at radius 1 is 0.523 bits per heavy atom. The van der Waals surface area contributed by atoms with Crippen LogP contribution < -0.4 is 0 Å². The molecule has 0 aliphatic rings. The fraction of sp³-hybridized carbons (Fsp3) is 0.800. The number of allylic oxidation sites excluding steroid dienone is 6. The molecule has 1 N–H and O–H groups in total. The molecule has 256 valence electrons. The van der Waals surface area contributed by atoms with Gasteiger partial charge < -0.3 is 9.84 Å². The molecule has 0 aliphatic carbocycles. The Bertz CT molecular complexity index is 708. The fourth-order valence-corrected chi connectivity index (χ4v) is 5.66. The number of ether oxygens (including phenoxy) is 1. The third-order valence-corrected chi connectivity index (χ3v) is 8.36. The number of esters is 1. The third-order valence-electron chi connectivity index (χ3n) is 8.36. The van der Waals surface area contributed by atoms with Gasteiger partial charge in [-0.2, -0.15) is 0 Å². The summed E-state index contributed by atoms with van der Waals surface area (Å²) in [6.45, 7) is 4.35. The molecule has 0 heterocycles. The van der Waals surface area contributed by atoms with Gasteiger partial charge in [0, 0.05) is 12.8 Å². The predicted molar refractivity (Wildman–Crippen MR) is 190 cm³/mol. The maximum Gasteiger partial charge on any atom is 0.306 e. The van der Waals surface area contributed by atoms with Gasteiger partial charge >= 0.3 is 11.9 Å². The van der Waals surface area contributed by atoms with Crippen molar-refractivity contribution in [1.82, 2.24) is 0 Å². The number of rotatable bonds is 34. The van der Waals surface area contributed by atoms with Crippen molar-refractivity contribution in [1.29, 1.82) is 0 Å². The minimum Gasteiger partial charge on any atom is -0.481 e. The van der Waals surface area contributed by atoms with Crippen molar-refractivity contribution < 1.29 is 19.4 Å². The van der Waals surface area contributed by atoms with E-state index in [1.54, 1.807) is 0 Å². The van der Waals surface area contributed by atoms with Gasteiger partial charge in [-0.15, -0.1) is 0 Å².